The van der Waals surface area contributed by atoms with Gasteiger partial charge in [0.2, 0.25) is 0 Å². The van der Waals surface area contributed by atoms with Crippen LogP contribution >= 0.6 is 0 Å². The van der Waals surface area contributed by atoms with Crippen molar-refractivity contribution < 1.29 is 5.11 Å². The molecule has 4 rings (SSSR count). The molecule has 150 valence electrons. The Morgan fingerprint density at radius 1 is 0.923 bits per heavy atom. The summed E-state index contributed by atoms with van der Waals surface area (Å²) in [5, 5.41) is 9.82. The van der Waals surface area contributed by atoms with Crippen LogP contribution < -0.4 is 0 Å². The van der Waals surface area contributed by atoms with Gasteiger partial charge in [0.05, 0.1) is 11.8 Å². The van der Waals surface area contributed by atoms with Crippen LogP contribution in [0.25, 0.3) is 0 Å². The molecule has 0 radical (unpaired) electrons. The molecule has 0 saturated carbocycles. The van der Waals surface area contributed by atoms with Crippen LogP contribution in [0.3, 0.4) is 0 Å². The van der Waals surface area contributed by atoms with Crippen molar-refractivity contribution in [1.29, 1.82) is 0 Å². The summed E-state index contributed by atoms with van der Waals surface area (Å²) in [5.74, 6) is 0. The van der Waals surface area contributed by atoms with Gasteiger partial charge in [0.1, 0.15) is 0 Å². The zero-order valence-electron chi connectivity index (χ0n) is 17.3. The first kappa shape index (κ1) is 19.1. The fraction of sp³-hybridized carbons (Fsp3) is 1.00. The standard InChI is InChI=1S/C21H40N4O/c1-4-22-16-21(17-22)8-13-25(14-9-21)20(2,3)24-11-5-18(6-12-24)23-10-7-19(26)15-23/h18-19,26H,4-17H2,1-3H3/t19-/m0/s1. The first-order valence-corrected chi connectivity index (χ1v) is 11.1. The highest BCUT2D eigenvalue weighted by Crippen LogP contribution is 2.42. The van der Waals surface area contributed by atoms with Crippen molar-refractivity contribution in [2.75, 3.05) is 58.9 Å². The van der Waals surface area contributed by atoms with Crippen LogP contribution in [0, 0.1) is 5.41 Å². The molecule has 4 fully saturated rings. The molecule has 26 heavy (non-hydrogen) atoms. The predicted molar refractivity (Wildman–Crippen MR) is 106 cm³/mol. The van der Waals surface area contributed by atoms with E-state index in [0.717, 1.165) is 19.5 Å². The van der Waals surface area contributed by atoms with E-state index in [1.807, 2.05) is 0 Å². The molecule has 4 aliphatic heterocycles. The number of aliphatic hydroxyl groups excluding tert-OH is 1. The topological polar surface area (TPSA) is 33.2 Å². The molecule has 0 amide bonds. The minimum absolute atomic E-state index is 0.0831. The van der Waals surface area contributed by atoms with Crippen LogP contribution in [-0.4, -0.2) is 101 Å². The summed E-state index contributed by atoms with van der Waals surface area (Å²) in [7, 11) is 0. The second-order valence-electron chi connectivity index (χ2n) is 9.94. The maximum absolute atomic E-state index is 9.82. The number of aliphatic hydroxyl groups is 1. The predicted octanol–water partition coefficient (Wildman–Crippen LogP) is 1.67. The molecule has 5 heteroatoms. The molecule has 1 N–H and O–H groups in total. The summed E-state index contributed by atoms with van der Waals surface area (Å²) >= 11 is 0. The summed E-state index contributed by atoms with van der Waals surface area (Å²) in [6.07, 6.45) is 6.18. The Hall–Kier alpha value is -0.200. The average Bonchev–Trinajstić information content (AvgIpc) is 3.06. The van der Waals surface area contributed by atoms with Gasteiger partial charge in [-0.15, -0.1) is 0 Å². The summed E-state index contributed by atoms with van der Waals surface area (Å²) in [6.45, 7) is 18.0. The fourth-order valence-corrected chi connectivity index (χ4v) is 6.05. The normalized spacial score (nSPS) is 33.0. The number of nitrogens with zero attached hydrogens (tertiary/aromatic N) is 4. The molecule has 0 aromatic heterocycles. The van der Waals surface area contributed by atoms with Gasteiger partial charge in [-0.05, 0) is 57.9 Å². The molecular formula is C21H40N4O. The number of rotatable bonds is 4. The maximum atomic E-state index is 9.82. The molecule has 0 aromatic carbocycles. The van der Waals surface area contributed by atoms with Crippen molar-refractivity contribution in [2.24, 2.45) is 5.41 Å². The molecule has 5 nitrogen and oxygen atoms in total. The fourth-order valence-electron chi connectivity index (χ4n) is 6.05. The van der Waals surface area contributed by atoms with Crippen LogP contribution in [-0.2, 0) is 0 Å². The minimum atomic E-state index is -0.0831. The second-order valence-corrected chi connectivity index (χ2v) is 9.94. The van der Waals surface area contributed by atoms with Gasteiger partial charge >= 0.3 is 0 Å². The Bertz CT molecular complexity index is 472. The third-order valence-electron chi connectivity index (χ3n) is 8.11. The van der Waals surface area contributed by atoms with E-state index in [1.54, 1.807) is 0 Å². The lowest BCUT2D eigenvalue weighted by atomic mass is 9.71. The Kier molecular flexibility index (Phi) is 5.39. The highest BCUT2D eigenvalue weighted by molar-refractivity contribution is 5.00. The molecule has 0 unspecified atom stereocenters. The van der Waals surface area contributed by atoms with E-state index >= 15 is 0 Å². The van der Waals surface area contributed by atoms with Gasteiger partial charge in [0, 0.05) is 58.4 Å². The molecule has 0 aliphatic carbocycles. The molecule has 1 atom stereocenters. The van der Waals surface area contributed by atoms with Crippen LogP contribution in [0.1, 0.15) is 52.9 Å². The second kappa shape index (κ2) is 7.32. The Morgan fingerprint density at radius 2 is 1.54 bits per heavy atom. The lowest BCUT2D eigenvalue weighted by Crippen LogP contribution is -2.65. The van der Waals surface area contributed by atoms with E-state index in [4.69, 9.17) is 0 Å². The van der Waals surface area contributed by atoms with E-state index in [2.05, 4.69) is 40.4 Å². The Morgan fingerprint density at radius 3 is 2.08 bits per heavy atom. The number of β-amino-alcohol motifs (C(OH)–C–C–N with tert-alkyl or cyclic N) is 1. The molecule has 4 aliphatic rings. The van der Waals surface area contributed by atoms with Crippen LogP contribution in [0.4, 0.5) is 0 Å². The molecule has 4 heterocycles. The van der Waals surface area contributed by atoms with Crippen molar-refractivity contribution in [1.82, 2.24) is 19.6 Å². The van der Waals surface area contributed by atoms with Crippen molar-refractivity contribution in [3.05, 3.63) is 0 Å². The quantitative estimate of drug-likeness (QED) is 0.821. The van der Waals surface area contributed by atoms with Crippen molar-refractivity contribution in [2.45, 2.75) is 70.7 Å². The van der Waals surface area contributed by atoms with Crippen molar-refractivity contribution in [3.8, 4) is 0 Å². The third kappa shape index (κ3) is 3.58. The van der Waals surface area contributed by atoms with Gasteiger partial charge < -0.3 is 10.0 Å². The van der Waals surface area contributed by atoms with Crippen molar-refractivity contribution in [3.63, 3.8) is 0 Å². The SMILES string of the molecule is CCN1CC2(CCN(C(C)(C)N3CCC(N4CC[C@H](O)C4)CC3)CC2)C1. The van der Waals surface area contributed by atoms with Gasteiger partial charge in [-0.3, -0.25) is 14.7 Å². The zero-order chi connectivity index (χ0) is 18.4. The monoisotopic (exact) mass is 364 g/mol. The molecule has 0 bridgehead atoms. The largest absolute Gasteiger partial charge is 0.392 e. The smallest absolute Gasteiger partial charge is 0.0679 e. The highest BCUT2D eigenvalue weighted by Gasteiger charge is 2.47. The van der Waals surface area contributed by atoms with Crippen LogP contribution in [0.2, 0.25) is 0 Å². The van der Waals surface area contributed by atoms with Crippen LogP contribution in [0.5, 0.6) is 0 Å². The number of piperidine rings is 2. The number of likely N-dealkylation sites (tertiary alicyclic amines) is 4. The zero-order valence-corrected chi connectivity index (χ0v) is 17.3. The molecule has 1 spiro atoms. The van der Waals surface area contributed by atoms with Crippen LogP contribution in [0.15, 0.2) is 0 Å². The summed E-state index contributed by atoms with van der Waals surface area (Å²) in [6, 6.07) is 0.693. The Balaban J connectivity index is 1.27. The maximum Gasteiger partial charge on any atom is 0.0679 e. The van der Waals surface area contributed by atoms with E-state index in [0.29, 0.717) is 11.5 Å². The lowest BCUT2D eigenvalue weighted by molar-refractivity contribution is -0.107. The van der Waals surface area contributed by atoms with E-state index in [-0.39, 0.29) is 11.8 Å². The molecule has 4 saturated heterocycles. The number of hydrogen-bond donors (Lipinski definition) is 1. The summed E-state index contributed by atoms with van der Waals surface area (Å²) < 4.78 is 0. The van der Waals surface area contributed by atoms with E-state index in [9.17, 15) is 5.11 Å². The van der Waals surface area contributed by atoms with Gasteiger partial charge in [-0.2, -0.15) is 0 Å². The minimum Gasteiger partial charge on any atom is -0.392 e. The van der Waals surface area contributed by atoms with E-state index < -0.39 is 0 Å². The van der Waals surface area contributed by atoms with Gasteiger partial charge in [0.15, 0.2) is 0 Å². The first-order chi connectivity index (χ1) is 12.4. The van der Waals surface area contributed by atoms with E-state index in [1.165, 1.54) is 71.5 Å². The van der Waals surface area contributed by atoms with Gasteiger partial charge in [-0.1, -0.05) is 6.92 Å². The molecular weight excluding hydrogens is 324 g/mol. The Labute approximate surface area is 160 Å². The first-order valence-electron chi connectivity index (χ1n) is 11.1. The summed E-state index contributed by atoms with van der Waals surface area (Å²) in [5.41, 5.74) is 0.831. The average molecular weight is 365 g/mol. The van der Waals surface area contributed by atoms with Gasteiger partial charge in [0.25, 0.3) is 0 Å². The summed E-state index contributed by atoms with van der Waals surface area (Å²) in [4.78, 5) is 10.6. The van der Waals surface area contributed by atoms with Gasteiger partial charge in [-0.25, -0.2) is 0 Å². The third-order valence-corrected chi connectivity index (χ3v) is 8.11. The lowest BCUT2D eigenvalue weighted by Gasteiger charge is -2.58. The van der Waals surface area contributed by atoms with Crippen molar-refractivity contribution >= 4 is 0 Å². The molecule has 0 aromatic rings. The highest BCUT2D eigenvalue weighted by atomic mass is 16.3. The number of hydrogen-bond acceptors (Lipinski definition) is 5.